The van der Waals surface area contributed by atoms with Gasteiger partial charge in [-0.15, -0.1) is 5.10 Å². The number of benzene rings is 4. The maximum absolute atomic E-state index is 14.1. The molecule has 1 aromatic heterocycles. The minimum atomic E-state index is -0.998. The molecule has 9 heteroatoms. The molecule has 202 valence electrons. The number of carbonyl (C=O) groups excluding carboxylic acids is 2. The van der Waals surface area contributed by atoms with E-state index in [0.717, 1.165) is 5.56 Å². The van der Waals surface area contributed by atoms with Gasteiger partial charge in [-0.25, -0.2) is 9.07 Å². The van der Waals surface area contributed by atoms with Gasteiger partial charge in [0.1, 0.15) is 29.7 Å². The second kappa shape index (κ2) is 12.2. The lowest BCUT2D eigenvalue weighted by Gasteiger charge is -2.31. The van der Waals surface area contributed by atoms with Crippen LogP contribution in [-0.4, -0.2) is 33.4 Å². The van der Waals surface area contributed by atoms with Crippen molar-refractivity contribution in [3.05, 3.63) is 120 Å². The number of para-hydroxylation sites is 1. The minimum absolute atomic E-state index is 0.137. The largest absolute Gasteiger partial charge is 0.494 e. The predicted octanol–water partition coefficient (Wildman–Crippen LogP) is 5.06. The second-order valence-corrected chi connectivity index (χ2v) is 9.08. The third-order valence-electron chi connectivity index (χ3n) is 6.40. The van der Waals surface area contributed by atoms with Gasteiger partial charge < -0.3 is 10.1 Å². The zero-order valence-corrected chi connectivity index (χ0v) is 21.9. The average molecular weight is 538 g/mol. The van der Waals surface area contributed by atoms with Crippen LogP contribution in [0, 0.1) is 5.82 Å². The van der Waals surface area contributed by atoms with E-state index < -0.39 is 6.04 Å². The highest BCUT2D eigenvalue weighted by molar-refractivity contribution is 6.01. The molecule has 2 amide bonds. The first-order valence-electron chi connectivity index (χ1n) is 12.9. The molecule has 40 heavy (non-hydrogen) atoms. The number of fused-ring (bicyclic) bond motifs is 1. The van der Waals surface area contributed by atoms with Crippen molar-refractivity contribution in [3.63, 3.8) is 0 Å². The Morgan fingerprint density at radius 1 is 0.925 bits per heavy atom. The molecule has 0 aliphatic carbocycles. The Kier molecular flexibility index (Phi) is 8.10. The molecule has 5 rings (SSSR count). The van der Waals surface area contributed by atoms with Crippen molar-refractivity contribution in [1.29, 1.82) is 0 Å². The van der Waals surface area contributed by atoms with E-state index in [-0.39, 0.29) is 30.7 Å². The van der Waals surface area contributed by atoms with Crippen LogP contribution in [0.25, 0.3) is 11.0 Å². The fraction of sp³-hybridized carbons (Fsp3) is 0.161. The molecule has 8 nitrogen and oxygen atoms in total. The summed E-state index contributed by atoms with van der Waals surface area (Å²) >= 11 is 0. The number of halogens is 1. The molecule has 0 aliphatic rings. The van der Waals surface area contributed by atoms with Gasteiger partial charge in [-0.2, -0.15) is 0 Å². The Bertz CT molecular complexity index is 1590. The summed E-state index contributed by atoms with van der Waals surface area (Å²) in [5, 5.41) is 11.3. The maximum atomic E-state index is 14.1. The number of nitrogens with zero attached hydrogens (tertiary/aromatic N) is 4. The van der Waals surface area contributed by atoms with Crippen LogP contribution in [0.2, 0.25) is 0 Å². The average Bonchev–Trinajstić information content (AvgIpc) is 3.39. The van der Waals surface area contributed by atoms with Crippen LogP contribution in [0.3, 0.4) is 0 Å². The number of anilines is 1. The number of hydrogen-bond donors (Lipinski definition) is 1. The Hall–Kier alpha value is -5.05. The summed E-state index contributed by atoms with van der Waals surface area (Å²) in [6, 6.07) is 28.4. The smallest absolute Gasteiger partial charge is 0.249 e. The van der Waals surface area contributed by atoms with Crippen LogP contribution in [0.5, 0.6) is 5.75 Å². The summed E-state index contributed by atoms with van der Waals surface area (Å²) < 4.78 is 20.5. The van der Waals surface area contributed by atoms with Crippen LogP contribution in [-0.2, 0) is 22.7 Å². The number of nitrogens with one attached hydrogen (secondary N) is 1. The van der Waals surface area contributed by atoms with Gasteiger partial charge in [0.05, 0.1) is 12.1 Å². The minimum Gasteiger partial charge on any atom is -0.494 e. The number of amides is 2. The highest BCUT2D eigenvalue weighted by atomic mass is 19.1. The Morgan fingerprint density at radius 2 is 1.62 bits per heavy atom. The van der Waals surface area contributed by atoms with Crippen molar-refractivity contribution >= 4 is 28.5 Å². The second-order valence-electron chi connectivity index (χ2n) is 9.08. The summed E-state index contributed by atoms with van der Waals surface area (Å²) in [4.78, 5) is 29.4. The Balaban J connectivity index is 1.52. The standard InChI is InChI=1S/C31H28FN5O3/c1-2-40-26-18-16-25(17-19-26)37(29(38)21-36-28-11-7-6-10-27(28)34-35-36)30(23-8-4-3-5-9-23)31(39)33-20-22-12-14-24(32)15-13-22/h3-19,30H,2,20-21H2,1H3,(H,33,39)/t30-/m0/s1. The summed E-state index contributed by atoms with van der Waals surface area (Å²) in [5.74, 6) is -0.449. The molecular formula is C31H28FN5O3. The van der Waals surface area contributed by atoms with E-state index >= 15 is 0 Å². The summed E-state index contributed by atoms with van der Waals surface area (Å²) in [7, 11) is 0. The number of ether oxygens (including phenoxy) is 1. The van der Waals surface area contributed by atoms with Crippen molar-refractivity contribution in [3.8, 4) is 5.75 Å². The molecule has 0 saturated carbocycles. The molecule has 0 unspecified atom stereocenters. The quantitative estimate of drug-likeness (QED) is 0.269. The van der Waals surface area contributed by atoms with Crippen LogP contribution >= 0.6 is 0 Å². The molecule has 0 radical (unpaired) electrons. The van der Waals surface area contributed by atoms with Crippen molar-refractivity contribution in [2.24, 2.45) is 0 Å². The van der Waals surface area contributed by atoms with Crippen LogP contribution < -0.4 is 15.0 Å². The third kappa shape index (κ3) is 5.99. The maximum Gasteiger partial charge on any atom is 0.249 e. The molecule has 0 saturated heterocycles. The lowest BCUT2D eigenvalue weighted by atomic mass is 10.0. The van der Waals surface area contributed by atoms with Gasteiger partial charge >= 0.3 is 0 Å². The molecule has 0 aliphatic heterocycles. The molecule has 4 aromatic carbocycles. The molecule has 1 atom stereocenters. The van der Waals surface area contributed by atoms with Crippen molar-refractivity contribution in [2.45, 2.75) is 26.1 Å². The first-order valence-corrected chi connectivity index (χ1v) is 12.9. The number of rotatable bonds is 10. The summed E-state index contributed by atoms with van der Waals surface area (Å²) in [6.45, 7) is 2.42. The summed E-state index contributed by atoms with van der Waals surface area (Å²) in [6.07, 6.45) is 0. The van der Waals surface area contributed by atoms with Gasteiger partial charge in [-0.05, 0) is 66.6 Å². The van der Waals surface area contributed by atoms with E-state index in [1.54, 1.807) is 36.4 Å². The highest BCUT2D eigenvalue weighted by Gasteiger charge is 2.33. The lowest BCUT2D eigenvalue weighted by Crippen LogP contribution is -2.45. The summed E-state index contributed by atoms with van der Waals surface area (Å²) in [5.41, 5.74) is 3.25. The van der Waals surface area contributed by atoms with Gasteiger partial charge in [0.15, 0.2) is 0 Å². The van der Waals surface area contributed by atoms with Crippen molar-refractivity contribution in [1.82, 2.24) is 20.3 Å². The number of carbonyl (C=O) groups is 2. The van der Waals surface area contributed by atoms with E-state index in [1.165, 1.54) is 21.7 Å². The monoisotopic (exact) mass is 537 g/mol. The van der Waals surface area contributed by atoms with E-state index in [9.17, 15) is 14.0 Å². The molecular weight excluding hydrogens is 509 g/mol. The third-order valence-corrected chi connectivity index (χ3v) is 6.40. The van der Waals surface area contributed by atoms with E-state index in [0.29, 0.717) is 34.6 Å². The van der Waals surface area contributed by atoms with E-state index in [2.05, 4.69) is 15.6 Å². The molecule has 5 aromatic rings. The number of aromatic nitrogens is 3. The number of hydrogen-bond acceptors (Lipinski definition) is 5. The lowest BCUT2D eigenvalue weighted by molar-refractivity contribution is -0.127. The molecule has 1 heterocycles. The molecule has 0 bridgehead atoms. The van der Waals surface area contributed by atoms with Gasteiger partial charge in [0.25, 0.3) is 0 Å². The van der Waals surface area contributed by atoms with Crippen molar-refractivity contribution in [2.75, 3.05) is 11.5 Å². The van der Waals surface area contributed by atoms with Crippen LogP contribution in [0.4, 0.5) is 10.1 Å². The van der Waals surface area contributed by atoms with Gasteiger partial charge in [0.2, 0.25) is 11.8 Å². The van der Waals surface area contributed by atoms with Gasteiger partial charge in [0, 0.05) is 12.2 Å². The molecule has 0 spiro atoms. The topological polar surface area (TPSA) is 89.3 Å². The fourth-order valence-corrected chi connectivity index (χ4v) is 4.49. The van der Waals surface area contributed by atoms with Gasteiger partial charge in [-0.1, -0.05) is 59.8 Å². The normalized spacial score (nSPS) is 11.7. The first kappa shape index (κ1) is 26.6. The highest BCUT2D eigenvalue weighted by Crippen LogP contribution is 2.30. The Labute approximate surface area is 231 Å². The Morgan fingerprint density at radius 3 is 2.35 bits per heavy atom. The van der Waals surface area contributed by atoms with Crippen LogP contribution in [0.15, 0.2) is 103 Å². The zero-order valence-electron chi connectivity index (χ0n) is 21.9. The predicted molar refractivity (Wildman–Crippen MR) is 150 cm³/mol. The first-order chi connectivity index (χ1) is 19.5. The SMILES string of the molecule is CCOc1ccc(N(C(=O)Cn2nnc3ccccc32)[C@H](C(=O)NCc2ccc(F)cc2)c2ccccc2)cc1. The zero-order chi connectivity index (χ0) is 27.9. The van der Waals surface area contributed by atoms with E-state index in [1.807, 2.05) is 61.5 Å². The van der Waals surface area contributed by atoms with Crippen LogP contribution in [0.1, 0.15) is 24.1 Å². The molecule has 0 fully saturated rings. The fourth-order valence-electron chi connectivity index (χ4n) is 4.49. The van der Waals surface area contributed by atoms with Crippen molar-refractivity contribution < 1.29 is 18.7 Å². The van der Waals surface area contributed by atoms with E-state index in [4.69, 9.17) is 4.74 Å². The molecule has 1 N–H and O–H groups in total. The van der Waals surface area contributed by atoms with Gasteiger partial charge in [-0.3, -0.25) is 14.5 Å².